The lowest BCUT2D eigenvalue weighted by Crippen LogP contribution is -2.45. The van der Waals surface area contributed by atoms with Gasteiger partial charge in [0.25, 0.3) is 0 Å². The topological polar surface area (TPSA) is 41.1 Å². The van der Waals surface area contributed by atoms with Crippen molar-refractivity contribution >= 4 is 17.7 Å². The van der Waals surface area contributed by atoms with Crippen LogP contribution in [-0.2, 0) is 4.79 Å². The Bertz CT molecular complexity index is 211. The molecule has 1 rings (SSSR count). The highest BCUT2D eigenvalue weighted by molar-refractivity contribution is 7.98. The van der Waals surface area contributed by atoms with E-state index in [1.165, 1.54) is 0 Å². The summed E-state index contributed by atoms with van der Waals surface area (Å²) in [5.74, 6) is 1.45. The van der Waals surface area contributed by atoms with Gasteiger partial charge in [0, 0.05) is 23.8 Å². The number of thioether (sulfide) groups is 1. The van der Waals surface area contributed by atoms with Gasteiger partial charge >= 0.3 is 0 Å². The molecule has 3 atom stereocenters. The smallest absolute Gasteiger partial charge is 0.223 e. The van der Waals surface area contributed by atoms with Gasteiger partial charge in [-0.1, -0.05) is 0 Å². The monoisotopic (exact) mass is 230 g/mol. The van der Waals surface area contributed by atoms with E-state index in [0.717, 1.165) is 25.1 Å². The summed E-state index contributed by atoms with van der Waals surface area (Å²) in [5.41, 5.74) is 0. The zero-order valence-electron chi connectivity index (χ0n) is 9.88. The van der Waals surface area contributed by atoms with Gasteiger partial charge in [0.15, 0.2) is 0 Å². The molecule has 0 aliphatic carbocycles. The molecule has 0 radical (unpaired) electrons. The van der Waals surface area contributed by atoms with Gasteiger partial charge in [-0.25, -0.2) is 0 Å². The number of carbonyl (C=O) groups is 1. The first-order valence-corrected chi connectivity index (χ1v) is 7.05. The quantitative estimate of drug-likeness (QED) is 0.763. The van der Waals surface area contributed by atoms with Gasteiger partial charge in [-0.3, -0.25) is 4.79 Å². The van der Waals surface area contributed by atoms with E-state index in [1.807, 2.05) is 0 Å². The standard InChI is InChI=1S/C11H22N2OS/c1-8-6-10(4-5-12-8)11(14)13-9(2)7-15-3/h8-10,12H,4-7H2,1-3H3,(H,13,14)/t8-,9?,10-/m0/s1. The summed E-state index contributed by atoms with van der Waals surface area (Å²) in [4.78, 5) is 11.9. The van der Waals surface area contributed by atoms with Crippen molar-refractivity contribution in [1.29, 1.82) is 0 Å². The number of hydrogen-bond donors (Lipinski definition) is 2. The zero-order chi connectivity index (χ0) is 11.3. The zero-order valence-corrected chi connectivity index (χ0v) is 10.7. The van der Waals surface area contributed by atoms with Crippen molar-refractivity contribution in [2.75, 3.05) is 18.6 Å². The highest BCUT2D eigenvalue weighted by Crippen LogP contribution is 2.16. The Kier molecular flexibility index (Phi) is 5.47. The highest BCUT2D eigenvalue weighted by atomic mass is 32.2. The first kappa shape index (κ1) is 12.8. The minimum Gasteiger partial charge on any atom is -0.353 e. The van der Waals surface area contributed by atoms with Gasteiger partial charge in [0.2, 0.25) is 5.91 Å². The van der Waals surface area contributed by atoms with Crippen LogP contribution in [0, 0.1) is 5.92 Å². The number of piperidine rings is 1. The maximum absolute atomic E-state index is 11.9. The van der Waals surface area contributed by atoms with Crippen LogP contribution >= 0.6 is 11.8 Å². The molecule has 1 aliphatic rings. The first-order valence-electron chi connectivity index (χ1n) is 5.66. The van der Waals surface area contributed by atoms with Crippen LogP contribution in [0.4, 0.5) is 0 Å². The predicted molar refractivity (Wildman–Crippen MR) is 66.2 cm³/mol. The van der Waals surface area contributed by atoms with Crippen LogP contribution in [0.5, 0.6) is 0 Å². The van der Waals surface area contributed by atoms with Crippen LogP contribution < -0.4 is 10.6 Å². The molecule has 0 spiro atoms. The third-order valence-corrected chi connectivity index (χ3v) is 3.63. The molecule has 0 saturated carbocycles. The number of rotatable bonds is 4. The van der Waals surface area contributed by atoms with Gasteiger partial charge in [0.05, 0.1) is 0 Å². The average Bonchev–Trinajstić information content (AvgIpc) is 2.18. The number of carbonyl (C=O) groups excluding carboxylic acids is 1. The van der Waals surface area contributed by atoms with Gasteiger partial charge in [-0.15, -0.1) is 0 Å². The van der Waals surface area contributed by atoms with Crippen LogP contribution in [0.3, 0.4) is 0 Å². The Hall–Kier alpha value is -0.220. The fourth-order valence-electron chi connectivity index (χ4n) is 2.02. The van der Waals surface area contributed by atoms with Crippen molar-refractivity contribution in [3.8, 4) is 0 Å². The summed E-state index contributed by atoms with van der Waals surface area (Å²) in [5, 5.41) is 6.44. The summed E-state index contributed by atoms with van der Waals surface area (Å²) in [6.07, 6.45) is 4.01. The number of nitrogens with one attached hydrogen (secondary N) is 2. The molecule has 2 N–H and O–H groups in total. The van der Waals surface area contributed by atoms with E-state index in [-0.39, 0.29) is 17.9 Å². The van der Waals surface area contributed by atoms with E-state index in [0.29, 0.717) is 6.04 Å². The molecule has 0 aromatic heterocycles. The molecule has 3 nitrogen and oxygen atoms in total. The molecule has 15 heavy (non-hydrogen) atoms. The normalized spacial score (nSPS) is 28.5. The molecule has 1 amide bonds. The predicted octanol–water partition coefficient (Wildman–Crippen LogP) is 1.24. The maximum Gasteiger partial charge on any atom is 0.223 e. The van der Waals surface area contributed by atoms with E-state index in [1.54, 1.807) is 11.8 Å². The van der Waals surface area contributed by atoms with Gasteiger partial charge < -0.3 is 10.6 Å². The van der Waals surface area contributed by atoms with E-state index >= 15 is 0 Å². The molecule has 1 heterocycles. The third kappa shape index (κ3) is 4.43. The van der Waals surface area contributed by atoms with Gasteiger partial charge in [-0.2, -0.15) is 11.8 Å². The molecule has 1 saturated heterocycles. The largest absolute Gasteiger partial charge is 0.353 e. The lowest BCUT2D eigenvalue weighted by Gasteiger charge is -2.28. The van der Waals surface area contributed by atoms with E-state index in [2.05, 4.69) is 30.7 Å². The van der Waals surface area contributed by atoms with Crippen LogP contribution in [0.25, 0.3) is 0 Å². The molecular weight excluding hydrogens is 208 g/mol. The lowest BCUT2D eigenvalue weighted by atomic mass is 9.92. The maximum atomic E-state index is 11.9. The minimum absolute atomic E-state index is 0.213. The van der Waals surface area contributed by atoms with Crippen molar-refractivity contribution in [3.63, 3.8) is 0 Å². The Morgan fingerprint density at radius 1 is 1.67 bits per heavy atom. The second-order valence-electron chi connectivity index (χ2n) is 4.44. The summed E-state index contributed by atoms with van der Waals surface area (Å²) in [6, 6.07) is 0.767. The first-order chi connectivity index (χ1) is 7.13. The lowest BCUT2D eigenvalue weighted by molar-refractivity contribution is -0.126. The SMILES string of the molecule is CSCC(C)NC(=O)[C@H]1CCN[C@@H](C)C1. The van der Waals surface area contributed by atoms with Crippen molar-refractivity contribution in [3.05, 3.63) is 0 Å². The average molecular weight is 230 g/mol. The van der Waals surface area contributed by atoms with Crippen molar-refractivity contribution in [2.45, 2.75) is 38.8 Å². The summed E-state index contributed by atoms with van der Waals surface area (Å²) >= 11 is 1.77. The molecule has 4 heteroatoms. The minimum atomic E-state index is 0.213. The van der Waals surface area contributed by atoms with Crippen LogP contribution in [-0.4, -0.2) is 36.5 Å². The molecule has 0 bridgehead atoms. The molecule has 1 unspecified atom stereocenters. The van der Waals surface area contributed by atoms with Crippen molar-refractivity contribution in [1.82, 2.24) is 10.6 Å². The second-order valence-corrected chi connectivity index (χ2v) is 5.35. The van der Waals surface area contributed by atoms with Crippen molar-refractivity contribution in [2.24, 2.45) is 5.92 Å². The van der Waals surface area contributed by atoms with Gasteiger partial charge in [0.1, 0.15) is 0 Å². The van der Waals surface area contributed by atoms with Crippen molar-refractivity contribution < 1.29 is 4.79 Å². The Labute approximate surface area is 96.8 Å². The third-order valence-electron chi connectivity index (χ3n) is 2.80. The summed E-state index contributed by atoms with van der Waals surface area (Å²) in [7, 11) is 0. The molecular formula is C11H22N2OS. The summed E-state index contributed by atoms with van der Waals surface area (Å²) < 4.78 is 0. The van der Waals surface area contributed by atoms with E-state index in [9.17, 15) is 4.79 Å². The molecule has 88 valence electrons. The van der Waals surface area contributed by atoms with E-state index in [4.69, 9.17) is 0 Å². The molecule has 0 aromatic carbocycles. The Morgan fingerprint density at radius 3 is 3.00 bits per heavy atom. The number of amides is 1. The highest BCUT2D eigenvalue weighted by Gasteiger charge is 2.25. The Morgan fingerprint density at radius 2 is 2.40 bits per heavy atom. The molecule has 1 aliphatic heterocycles. The van der Waals surface area contributed by atoms with Gasteiger partial charge in [-0.05, 0) is 39.5 Å². The van der Waals surface area contributed by atoms with Crippen LogP contribution in [0.15, 0.2) is 0 Å². The fourth-order valence-corrected chi connectivity index (χ4v) is 2.61. The van der Waals surface area contributed by atoms with Crippen LogP contribution in [0.2, 0.25) is 0 Å². The van der Waals surface area contributed by atoms with Crippen LogP contribution in [0.1, 0.15) is 26.7 Å². The number of hydrogen-bond acceptors (Lipinski definition) is 3. The molecule has 1 fully saturated rings. The van der Waals surface area contributed by atoms with E-state index < -0.39 is 0 Å². The summed E-state index contributed by atoms with van der Waals surface area (Å²) in [6.45, 7) is 5.18. The molecule has 0 aromatic rings. The second kappa shape index (κ2) is 6.38. The fraction of sp³-hybridized carbons (Fsp3) is 0.909. The Balaban J connectivity index is 2.32.